The van der Waals surface area contributed by atoms with Crippen molar-refractivity contribution in [2.75, 3.05) is 19.9 Å². The fourth-order valence-electron chi connectivity index (χ4n) is 3.81. The van der Waals surface area contributed by atoms with Gasteiger partial charge in [-0.25, -0.2) is 4.79 Å². The highest BCUT2D eigenvalue weighted by Gasteiger charge is 2.35. The number of carbonyl (C=O) groups is 1. The van der Waals surface area contributed by atoms with Gasteiger partial charge in [-0.2, -0.15) is 4.98 Å². The van der Waals surface area contributed by atoms with Crippen molar-refractivity contribution >= 4 is 23.4 Å². The van der Waals surface area contributed by atoms with Gasteiger partial charge in [0.15, 0.2) is 0 Å². The first-order chi connectivity index (χ1) is 15.5. The lowest BCUT2D eigenvalue weighted by atomic mass is 9.94. The zero-order chi connectivity index (χ0) is 22.7. The third-order valence-electron chi connectivity index (χ3n) is 5.48. The Morgan fingerprint density at radius 3 is 2.69 bits per heavy atom. The summed E-state index contributed by atoms with van der Waals surface area (Å²) in [6.07, 6.45) is 2.87. The van der Waals surface area contributed by atoms with E-state index in [1.54, 1.807) is 23.8 Å². The van der Waals surface area contributed by atoms with Gasteiger partial charge in [-0.15, -0.1) is 11.8 Å². The van der Waals surface area contributed by atoms with Gasteiger partial charge in [-0.1, -0.05) is 24.2 Å². The van der Waals surface area contributed by atoms with E-state index in [0.29, 0.717) is 24.0 Å². The van der Waals surface area contributed by atoms with Crippen LogP contribution in [0, 0.1) is 0 Å². The molecule has 0 spiro atoms. The lowest BCUT2D eigenvalue weighted by Gasteiger charge is -2.35. The maximum absolute atomic E-state index is 12.9. The summed E-state index contributed by atoms with van der Waals surface area (Å²) in [5.74, 6) is 1.61. The van der Waals surface area contributed by atoms with E-state index >= 15 is 0 Å². The lowest BCUT2D eigenvalue weighted by molar-refractivity contribution is 0.205. The minimum Gasteiger partial charge on any atom is -0.497 e. The Bertz CT molecular complexity index is 1140. The molecule has 8 heteroatoms. The molecule has 0 radical (unpaired) electrons. The minimum atomic E-state index is -0.433. The summed E-state index contributed by atoms with van der Waals surface area (Å²) in [7, 11) is 1.62. The van der Waals surface area contributed by atoms with Gasteiger partial charge in [-0.3, -0.25) is 4.90 Å². The molecular weight excluding hydrogens is 424 g/mol. The van der Waals surface area contributed by atoms with Crippen LogP contribution in [0.3, 0.4) is 0 Å². The van der Waals surface area contributed by atoms with Crippen LogP contribution in [0.2, 0.25) is 0 Å². The SMILES string of the molecule is CCCN1C(=O)NC(c2cccc(OC)c2)C(c2nc(-c3ccc(SC)cc3)no2)=C1C. The van der Waals surface area contributed by atoms with E-state index in [1.165, 1.54) is 4.90 Å². The van der Waals surface area contributed by atoms with E-state index in [0.717, 1.165) is 28.8 Å². The molecule has 2 heterocycles. The Labute approximate surface area is 191 Å². The predicted octanol–water partition coefficient (Wildman–Crippen LogP) is 5.37. The zero-order valence-electron chi connectivity index (χ0n) is 18.6. The van der Waals surface area contributed by atoms with Gasteiger partial charge in [-0.05, 0) is 61.6 Å². The molecule has 0 saturated heterocycles. The number of urea groups is 1. The molecule has 1 aromatic heterocycles. The van der Waals surface area contributed by atoms with Crippen molar-refractivity contribution < 1.29 is 14.1 Å². The molecule has 2 aromatic carbocycles. The van der Waals surface area contributed by atoms with Crippen LogP contribution in [0.1, 0.15) is 37.8 Å². The maximum atomic E-state index is 12.9. The molecule has 166 valence electrons. The van der Waals surface area contributed by atoms with Crippen LogP contribution < -0.4 is 10.1 Å². The van der Waals surface area contributed by atoms with Crippen molar-refractivity contribution in [1.82, 2.24) is 20.4 Å². The number of hydrogen-bond donors (Lipinski definition) is 1. The number of rotatable bonds is 7. The summed E-state index contributed by atoms with van der Waals surface area (Å²) in [6, 6.07) is 15.1. The van der Waals surface area contributed by atoms with Crippen LogP contribution in [-0.4, -0.2) is 41.0 Å². The van der Waals surface area contributed by atoms with Gasteiger partial charge in [0, 0.05) is 22.7 Å². The number of hydrogen-bond acceptors (Lipinski definition) is 6. The van der Waals surface area contributed by atoms with Crippen LogP contribution in [0.4, 0.5) is 4.79 Å². The highest BCUT2D eigenvalue weighted by Crippen LogP contribution is 2.38. The fourth-order valence-corrected chi connectivity index (χ4v) is 4.22. The first-order valence-corrected chi connectivity index (χ1v) is 11.7. The summed E-state index contributed by atoms with van der Waals surface area (Å²) in [6.45, 7) is 4.56. The number of benzene rings is 2. The van der Waals surface area contributed by atoms with E-state index in [-0.39, 0.29) is 6.03 Å². The highest BCUT2D eigenvalue weighted by molar-refractivity contribution is 7.98. The van der Waals surface area contributed by atoms with E-state index in [1.807, 2.05) is 68.6 Å². The standard InChI is InChI=1S/C24H26N4O3S/c1-5-13-28-15(2)20(21(25-24(28)29)17-7-6-8-18(14-17)30-3)23-26-22(27-31-23)16-9-11-19(32-4)12-10-16/h6-12,14,21H,5,13H2,1-4H3,(H,25,29). The molecule has 0 bridgehead atoms. The van der Waals surface area contributed by atoms with Gasteiger partial charge in [0.05, 0.1) is 18.7 Å². The quantitative estimate of drug-likeness (QED) is 0.487. The summed E-state index contributed by atoms with van der Waals surface area (Å²) in [5, 5.41) is 7.33. The molecule has 1 atom stereocenters. The second kappa shape index (κ2) is 9.48. The number of amides is 2. The Morgan fingerprint density at radius 2 is 2.00 bits per heavy atom. The predicted molar refractivity (Wildman–Crippen MR) is 125 cm³/mol. The number of ether oxygens (including phenoxy) is 1. The number of allylic oxidation sites excluding steroid dienone is 1. The smallest absolute Gasteiger partial charge is 0.322 e. The van der Waals surface area contributed by atoms with Crippen molar-refractivity contribution in [2.24, 2.45) is 0 Å². The van der Waals surface area contributed by atoms with Crippen molar-refractivity contribution in [3.05, 3.63) is 65.7 Å². The van der Waals surface area contributed by atoms with Gasteiger partial charge in [0.1, 0.15) is 5.75 Å². The van der Waals surface area contributed by atoms with Gasteiger partial charge < -0.3 is 14.6 Å². The largest absolute Gasteiger partial charge is 0.497 e. The molecule has 32 heavy (non-hydrogen) atoms. The summed E-state index contributed by atoms with van der Waals surface area (Å²) in [4.78, 5) is 20.5. The second-order valence-electron chi connectivity index (χ2n) is 7.46. The van der Waals surface area contributed by atoms with E-state index in [9.17, 15) is 4.79 Å². The highest BCUT2D eigenvalue weighted by atomic mass is 32.2. The molecule has 7 nitrogen and oxygen atoms in total. The molecule has 0 aliphatic carbocycles. The van der Waals surface area contributed by atoms with E-state index in [4.69, 9.17) is 14.2 Å². The number of thioether (sulfide) groups is 1. The topological polar surface area (TPSA) is 80.5 Å². The summed E-state index contributed by atoms with van der Waals surface area (Å²) >= 11 is 1.68. The molecule has 4 rings (SSSR count). The molecule has 1 aliphatic heterocycles. The zero-order valence-corrected chi connectivity index (χ0v) is 19.4. The van der Waals surface area contributed by atoms with Crippen molar-refractivity contribution in [2.45, 2.75) is 31.2 Å². The summed E-state index contributed by atoms with van der Waals surface area (Å²) < 4.78 is 11.1. The number of carbonyl (C=O) groups excluding carboxylic acids is 1. The van der Waals surface area contributed by atoms with Crippen molar-refractivity contribution in [3.63, 3.8) is 0 Å². The van der Waals surface area contributed by atoms with Gasteiger partial charge in [0.25, 0.3) is 5.89 Å². The van der Waals surface area contributed by atoms with Crippen molar-refractivity contribution in [1.29, 1.82) is 0 Å². The van der Waals surface area contributed by atoms with Gasteiger partial charge >= 0.3 is 6.03 Å². The number of aromatic nitrogens is 2. The number of nitrogens with zero attached hydrogens (tertiary/aromatic N) is 3. The lowest BCUT2D eigenvalue weighted by Crippen LogP contribution is -2.46. The van der Waals surface area contributed by atoms with E-state index < -0.39 is 6.04 Å². The summed E-state index contributed by atoms with van der Waals surface area (Å²) in [5.41, 5.74) is 3.34. The fraction of sp³-hybridized carbons (Fsp3) is 0.292. The molecule has 0 fully saturated rings. The second-order valence-corrected chi connectivity index (χ2v) is 8.34. The first kappa shape index (κ1) is 22.0. The molecule has 0 saturated carbocycles. The van der Waals surface area contributed by atoms with Crippen LogP contribution in [0.25, 0.3) is 17.0 Å². The van der Waals surface area contributed by atoms with Crippen LogP contribution in [0.15, 0.2) is 63.6 Å². The Hall–Kier alpha value is -3.26. The molecular formula is C24H26N4O3S. The maximum Gasteiger partial charge on any atom is 0.322 e. The van der Waals surface area contributed by atoms with Crippen LogP contribution in [-0.2, 0) is 0 Å². The normalized spacial score (nSPS) is 16.3. The first-order valence-electron chi connectivity index (χ1n) is 10.5. The molecule has 1 aliphatic rings. The molecule has 1 N–H and O–H groups in total. The number of nitrogens with one attached hydrogen (secondary N) is 1. The average Bonchev–Trinajstić information content (AvgIpc) is 3.31. The third-order valence-corrected chi connectivity index (χ3v) is 6.22. The van der Waals surface area contributed by atoms with Gasteiger partial charge in [0.2, 0.25) is 5.82 Å². The molecule has 2 amide bonds. The number of methoxy groups -OCH3 is 1. The third kappa shape index (κ3) is 4.23. The van der Waals surface area contributed by atoms with E-state index in [2.05, 4.69) is 10.5 Å². The average molecular weight is 451 g/mol. The van der Waals surface area contributed by atoms with Crippen LogP contribution in [0.5, 0.6) is 5.75 Å². The Morgan fingerprint density at radius 1 is 1.22 bits per heavy atom. The van der Waals surface area contributed by atoms with Crippen LogP contribution >= 0.6 is 11.8 Å². The monoisotopic (exact) mass is 450 g/mol. The Balaban J connectivity index is 1.79. The molecule has 3 aromatic rings. The molecule has 1 unspecified atom stereocenters. The Kier molecular flexibility index (Phi) is 6.50. The minimum absolute atomic E-state index is 0.145. The van der Waals surface area contributed by atoms with Crippen molar-refractivity contribution in [3.8, 4) is 17.1 Å².